The third-order valence-corrected chi connectivity index (χ3v) is 7.62. The monoisotopic (exact) mass is 263 g/mol. The summed E-state index contributed by atoms with van der Waals surface area (Å²) < 4.78 is 0. The number of hydrogen-bond donors (Lipinski definition) is 0. The van der Waals surface area contributed by atoms with Gasteiger partial charge in [-0.2, -0.15) is 5.26 Å². The highest BCUT2D eigenvalue weighted by Crippen LogP contribution is 2.71. The molecule has 0 amide bonds. The predicted molar refractivity (Wildman–Crippen MR) is 77.0 cm³/mol. The summed E-state index contributed by atoms with van der Waals surface area (Å²) in [6, 6.07) is 0. The first-order valence-corrected chi connectivity index (χ1v) is 8.32. The molecule has 4 rings (SSSR count). The van der Waals surface area contributed by atoms with Crippen LogP contribution in [0, 0.1) is 45.2 Å². The summed E-state index contributed by atoms with van der Waals surface area (Å²) in [5, 5.41) is 12.0. The van der Waals surface area contributed by atoms with Crippen LogP contribution in [0.5, 0.6) is 0 Å². The Morgan fingerprint density at radius 1 is 1.22 bits per heavy atom. The second kappa shape index (κ2) is 3.92. The third kappa shape index (κ3) is 1.59. The summed E-state index contributed by atoms with van der Waals surface area (Å²) in [6.45, 7) is 9.82. The van der Waals surface area contributed by atoms with Gasteiger partial charge in [0, 0.05) is 5.25 Å². The van der Waals surface area contributed by atoms with Crippen molar-refractivity contribution in [3.63, 3.8) is 0 Å². The number of thioether (sulfide) groups is 1. The number of rotatable bonds is 2. The minimum atomic E-state index is 0.429. The second-order valence-electron chi connectivity index (χ2n) is 8.00. The SMILES string of the molecule is CC(C)[C@H]1C[C@@]2(C)C[C@@]3(C)C[C@@H]1[C@@H]2C[C@H]3SC#N. The van der Waals surface area contributed by atoms with Crippen molar-refractivity contribution < 1.29 is 0 Å². The Morgan fingerprint density at radius 2 is 1.94 bits per heavy atom. The van der Waals surface area contributed by atoms with Gasteiger partial charge in [-0.25, -0.2) is 0 Å². The van der Waals surface area contributed by atoms with Crippen LogP contribution in [0.3, 0.4) is 0 Å². The molecule has 0 aromatic heterocycles. The molecule has 0 spiro atoms. The highest BCUT2D eigenvalue weighted by molar-refractivity contribution is 8.04. The van der Waals surface area contributed by atoms with E-state index in [1.54, 1.807) is 11.8 Å². The zero-order valence-electron chi connectivity index (χ0n) is 12.1. The maximum Gasteiger partial charge on any atom is 0.133 e. The molecule has 6 atom stereocenters. The van der Waals surface area contributed by atoms with Gasteiger partial charge >= 0.3 is 0 Å². The molecule has 18 heavy (non-hydrogen) atoms. The zero-order valence-corrected chi connectivity index (χ0v) is 12.9. The van der Waals surface area contributed by atoms with Crippen LogP contribution in [0.4, 0.5) is 0 Å². The molecule has 0 saturated heterocycles. The molecule has 4 aliphatic rings. The van der Waals surface area contributed by atoms with Gasteiger partial charge in [0.15, 0.2) is 0 Å². The number of nitriles is 1. The van der Waals surface area contributed by atoms with Gasteiger partial charge in [0.1, 0.15) is 5.40 Å². The van der Waals surface area contributed by atoms with E-state index in [2.05, 4.69) is 33.1 Å². The van der Waals surface area contributed by atoms with E-state index in [-0.39, 0.29) is 0 Å². The van der Waals surface area contributed by atoms with Crippen LogP contribution in [0.1, 0.15) is 53.4 Å². The second-order valence-corrected chi connectivity index (χ2v) is 8.99. The summed E-state index contributed by atoms with van der Waals surface area (Å²) in [6.07, 6.45) is 5.50. The zero-order chi connectivity index (χ0) is 13.1. The van der Waals surface area contributed by atoms with Gasteiger partial charge in [-0.1, -0.05) is 27.7 Å². The molecular formula is C16H25NS. The first-order valence-electron chi connectivity index (χ1n) is 7.44. The van der Waals surface area contributed by atoms with Crippen molar-refractivity contribution in [3.05, 3.63) is 0 Å². The number of nitrogens with zero attached hydrogens (tertiary/aromatic N) is 1. The van der Waals surface area contributed by atoms with E-state index >= 15 is 0 Å². The van der Waals surface area contributed by atoms with E-state index in [9.17, 15) is 0 Å². The van der Waals surface area contributed by atoms with Crippen LogP contribution in [0.15, 0.2) is 0 Å². The lowest BCUT2D eigenvalue weighted by atomic mass is 9.50. The molecule has 100 valence electrons. The largest absolute Gasteiger partial charge is 0.185 e. The Labute approximate surface area is 116 Å². The highest BCUT2D eigenvalue weighted by Gasteiger charge is 2.64. The molecule has 0 N–H and O–H groups in total. The maximum atomic E-state index is 9.03. The fourth-order valence-electron chi connectivity index (χ4n) is 5.89. The highest BCUT2D eigenvalue weighted by atomic mass is 32.2. The maximum absolute atomic E-state index is 9.03. The summed E-state index contributed by atoms with van der Waals surface area (Å²) in [7, 11) is 0. The number of fused-ring (bicyclic) bond motifs is 1. The van der Waals surface area contributed by atoms with Crippen LogP contribution in [-0.4, -0.2) is 5.25 Å². The molecule has 4 bridgehead atoms. The van der Waals surface area contributed by atoms with E-state index < -0.39 is 0 Å². The molecule has 0 aliphatic heterocycles. The normalized spacial score (nSPS) is 53.8. The van der Waals surface area contributed by atoms with Gasteiger partial charge in [-0.05, 0) is 71.9 Å². The summed E-state index contributed by atoms with van der Waals surface area (Å²) in [5.74, 6) is 3.62. The molecule has 0 heterocycles. The molecule has 0 unspecified atom stereocenters. The van der Waals surface area contributed by atoms with Crippen LogP contribution < -0.4 is 0 Å². The van der Waals surface area contributed by atoms with Crippen molar-refractivity contribution in [2.24, 2.45) is 34.5 Å². The lowest BCUT2D eigenvalue weighted by Gasteiger charge is -2.58. The number of hydrogen-bond acceptors (Lipinski definition) is 2. The number of thiocyanates is 1. The molecule has 2 heteroatoms. The van der Waals surface area contributed by atoms with Crippen molar-refractivity contribution in [2.45, 2.75) is 58.6 Å². The predicted octanol–water partition coefficient (Wildman–Crippen LogP) is 4.69. The van der Waals surface area contributed by atoms with E-state index in [1.165, 1.54) is 25.7 Å². The lowest BCUT2D eigenvalue weighted by molar-refractivity contribution is -0.0379. The lowest BCUT2D eigenvalue weighted by Crippen LogP contribution is -2.52. The Balaban J connectivity index is 1.92. The van der Waals surface area contributed by atoms with Gasteiger partial charge in [-0.3, -0.25) is 0 Å². The van der Waals surface area contributed by atoms with Crippen molar-refractivity contribution in [1.82, 2.24) is 0 Å². The standard InChI is InChI=1S/C16H25NS/c1-10(2)11-6-15(3)8-16(4)7-12(11)13(15)5-14(16)18-9-17/h10-14H,5-8H2,1-4H3/t11-,12+,13+,14-,15+,16-/m1/s1. The molecule has 4 saturated carbocycles. The first-order chi connectivity index (χ1) is 8.39. The molecule has 0 aromatic rings. The fraction of sp³-hybridized carbons (Fsp3) is 0.938. The third-order valence-electron chi connectivity index (χ3n) is 6.47. The van der Waals surface area contributed by atoms with E-state index in [1.807, 2.05) is 0 Å². The Morgan fingerprint density at radius 3 is 2.50 bits per heavy atom. The average Bonchev–Trinajstić information content (AvgIpc) is 2.47. The topological polar surface area (TPSA) is 23.8 Å². The van der Waals surface area contributed by atoms with E-state index in [0.29, 0.717) is 16.1 Å². The summed E-state index contributed by atoms with van der Waals surface area (Å²) >= 11 is 1.56. The van der Waals surface area contributed by atoms with Crippen molar-refractivity contribution in [2.75, 3.05) is 0 Å². The Hall–Kier alpha value is -0.160. The van der Waals surface area contributed by atoms with Crippen LogP contribution in [0.2, 0.25) is 0 Å². The van der Waals surface area contributed by atoms with Crippen molar-refractivity contribution >= 4 is 11.8 Å². The molecule has 4 fully saturated rings. The van der Waals surface area contributed by atoms with Crippen molar-refractivity contribution in [1.29, 1.82) is 5.26 Å². The molecule has 1 nitrogen and oxygen atoms in total. The van der Waals surface area contributed by atoms with Gasteiger partial charge < -0.3 is 0 Å². The minimum absolute atomic E-state index is 0.429. The summed E-state index contributed by atoms with van der Waals surface area (Å²) in [4.78, 5) is 0. The van der Waals surface area contributed by atoms with Gasteiger partial charge in [0.2, 0.25) is 0 Å². The van der Waals surface area contributed by atoms with Crippen molar-refractivity contribution in [3.8, 4) is 5.40 Å². The van der Waals surface area contributed by atoms with E-state index in [0.717, 1.165) is 23.7 Å². The molecule has 0 radical (unpaired) electrons. The molecular weight excluding hydrogens is 238 g/mol. The molecule has 4 aliphatic carbocycles. The van der Waals surface area contributed by atoms with Gasteiger partial charge in [-0.15, -0.1) is 0 Å². The molecule has 0 aromatic carbocycles. The minimum Gasteiger partial charge on any atom is -0.185 e. The van der Waals surface area contributed by atoms with Crippen LogP contribution >= 0.6 is 11.8 Å². The van der Waals surface area contributed by atoms with Gasteiger partial charge in [0.25, 0.3) is 0 Å². The first kappa shape index (κ1) is 12.9. The van der Waals surface area contributed by atoms with E-state index in [4.69, 9.17) is 5.26 Å². The smallest absolute Gasteiger partial charge is 0.133 e. The Kier molecular flexibility index (Phi) is 2.80. The average molecular weight is 263 g/mol. The summed E-state index contributed by atoms with van der Waals surface area (Å²) in [5.41, 5.74) is 1.01. The van der Waals surface area contributed by atoms with Crippen LogP contribution in [0.25, 0.3) is 0 Å². The van der Waals surface area contributed by atoms with Crippen LogP contribution in [-0.2, 0) is 0 Å². The fourth-order valence-corrected chi connectivity index (χ4v) is 6.79. The Bertz CT molecular complexity index is 398. The quantitative estimate of drug-likeness (QED) is 0.675. The van der Waals surface area contributed by atoms with Gasteiger partial charge in [0.05, 0.1) is 0 Å².